The van der Waals surface area contributed by atoms with Gasteiger partial charge in [-0.25, -0.2) is 9.79 Å². The lowest BCUT2D eigenvalue weighted by Crippen LogP contribution is -2.35. The van der Waals surface area contributed by atoms with Gasteiger partial charge in [-0.1, -0.05) is 0 Å². The maximum absolute atomic E-state index is 9.83. The van der Waals surface area contributed by atoms with Crippen LogP contribution in [0.1, 0.15) is 6.42 Å². The SMILES string of the molecule is COC1(CN=C=O)CCOC1. The summed E-state index contributed by atoms with van der Waals surface area (Å²) in [7, 11) is 1.61. The third-order valence-corrected chi connectivity index (χ3v) is 1.93. The summed E-state index contributed by atoms with van der Waals surface area (Å²) in [4.78, 5) is 13.3. The van der Waals surface area contributed by atoms with Crippen LogP contribution in [0.4, 0.5) is 0 Å². The highest BCUT2D eigenvalue weighted by Gasteiger charge is 2.34. The van der Waals surface area contributed by atoms with Crippen molar-refractivity contribution >= 4 is 6.08 Å². The molecule has 1 rings (SSSR count). The normalized spacial score (nSPS) is 29.9. The van der Waals surface area contributed by atoms with Crippen molar-refractivity contribution in [3.63, 3.8) is 0 Å². The molecule has 0 aromatic carbocycles. The lowest BCUT2D eigenvalue weighted by Gasteiger charge is -2.21. The van der Waals surface area contributed by atoms with Crippen LogP contribution < -0.4 is 0 Å². The van der Waals surface area contributed by atoms with E-state index in [1.54, 1.807) is 7.11 Å². The molecule has 11 heavy (non-hydrogen) atoms. The summed E-state index contributed by atoms with van der Waals surface area (Å²) in [5.74, 6) is 0. The Bertz CT molecular complexity index is 169. The summed E-state index contributed by atoms with van der Waals surface area (Å²) in [6.45, 7) is 1.56. The molecule has 1 heterocycles. The molecule has 1 unspecified atom stereocenters. The number of carbonyl (C=O) groups excluding carboxylic acids is 1. The zero-order chi connectivity index (χ0) is 8.16. The number of hydrogen-bond donors (Lipinski definition) is 0. The van der Waals surface area contributed by atoms with Crippen molar-refractivity contribution < 1.29 is 14.3 Å². The van der Waals surface area contributed by atoms with E-state index in [4.69, 9.17) is 9.47 Å². The molecule has 1 aliphatic heterocycles. The van der Waals surface area contributed by atoms with E-state index in [-0.39, 0.29) is 5.60 Å². The highest BCUT2D eigenvalue weighted by Crippen LogP contribution is 2.22. The van der Waals surface area contributed by atoms with Gasteiger partial charge in [0.25, 0.3) is 0 Å². The van der Waals surface area contributed by atoms with Gasteiger partial charge >= 0.3 is 0 Å². The van der Waals surface area contributed by atoms with Crippen molar-refractivity contribution in [3.8, 4) is 0 Å². The summed E-state index contributed by atoms with van der Waals surface area (Å²) < 4.78 is 10.3. The Morgan fingerprint density at radius 3 is 3.09 bits per heavy atom. The van der Waals surface area contributed by atoms with Gasteiger partial charge in [-0.15, -0.1) is 0 Å². The summed E-state index contributed by atoms with van der Waals surface area (Å²) in [6, 6.07) is 0. The predicted molar refractivity (Wildman–Crippen MR) is 38.2 cm³/mol. The van der Waals surface area contributed by atoms with E-state index < -0.39 is 0 Å². The molecular formula is C7H11NO3. The zero-order valence-corrected chi connectivity index (χ0v) is 6.50. The topological polar surface area (TPSA) is 47.9 Å². The molecule has 0 aromatic rings. The molecule has 0 bridgehead atoms. The molecule has 0 amide bonds. The van der Waals surface area contributed by atoms with E-state index in [1.807, 2.05) is 0 Å². The van der Waals surface area contributed by atoms with Crippen LogP contribution in [0.2, 0.25) is 0 Å². The Morgan fingerprint density at radius 2 is 2.64 bits per heavy atom. The Labute approximate surface area is 65.2 Å². The quantitative estimate of drug-likeness (QED) is 0.432. The molecule has 0 saturated carbocycles. The number of rotatable bonds is 3. The first-order valence-electron chi connectivity index (χ1n) is 3.49. The lowest BCUT2D eigenvalue weighted by atomic mass is 10.0. The van der Waals surface area contributed by atoms with Gasteiger partial charge in [-0.05, 0) is 0 Å². The van der Waals surface area contributed by atoms with Gasteiger partial charge in [-0.3, -0.25) is 0 Å². The summed E-state index contributed by atoms with van der Waals surface area (Å²) in [5.41, 5.74) is -0.364. The fourth-order valence-corrected chi connectivity index (χ4v) is 1.12. The summed E-state index contributed by atoms with van der Waals surface area (Å²) in [5, 5.41) is 0. The second kappa shape index (κ2) is 3.62. The van der Waals surface area contributed by atoms with Crippen LogP contribution in [0, 0.1) is 0 Å². The van der Waals surface area contributed by atoms with Crippen molar-refractivity contribution in [1.29, 1.82) is 0 Å². The van der Waals surface area contributed by atoms with Gasteiger partial charge in [0.2, 0.25) is 6.08 Å². The summed E-state index contributed by atoms with van der Waals surface area (Å²) in [6.07, 6.45) is 2.29. The number of isocyanates is 1. The van der Waals surface area contributed by atoms with Crippen molar-refractivity contribution in [1.82, 2.24) is 0 Å². The average molecular weight is 157 g/mol. The number of hydrogen-bond acceptors (Lipinski definition) is 4. The first-order chi connectivity index (χ1) is 5.33. The van der Waals surface area contributed by atoms with Crippen LogP contribution in [0.15, 0.2) is 4.99 Å². The maximum Gasteiger partial charge on any atom is 0.235 e. The second-order valence-corrected chi connectivity index (χ2v) is 2.60. The second-order valence-electron chi connectivity index (χ2n) is 2.60. The smallest absolute Gasteiger partial charge is 0.235 e. The minimum Gasteiger partial charge on any atom is -0.378 e. The molecule has 62 valence electrons. The number of methoxy groups -OCH3 is 1. The minimum absolute atomic E-state index is 0.354. The van der Waals surface area contributed by atoms with Crippen molar-refractivity contribution in [2.24, 2.45) is 4.99 Å². The molecule has 0 aromatic heterocycles. The van der Waals surface area contributed by atoms with Crippen molar-refractivity contribution in [2.75, 3.05) is 26.9 Å². The molecule has 0 spiro atoms. The van der Waals surface area contributed by atoms with E-state index >= 15 is 0 Å². The van der Waals surface area contributed by atoms with E-state index in [9.17, 15) is 4.79 Å². The van der Waals surface area contributed by atoms with Crippen LogP contribution in [-0.4, -0.2) is 38.5 Å². The van der Waals surface area contributed by atoms with Gasteiger partial charge in [0.15, 0.2) is 0 Å². The lowest BCUT2D eigenvalue weighted by molar-refractivity contribution is -0.00898. The fourth-order valence-electron chi connectivity index (χ4n) is 1.12. The number of aliphatic imine (C=N–C) groups is 1. The highest BCUT2D eigenvalue weighted by atomic mass is 16.5. The first-order valence-corrected chi connectivity index (χ1v) is 3.49. The van der Waals surface area contributed by atoms with Gasteiger partial charge in [0.1, 0.15) is 5.60 Å². The Morgan fingerprint density at radius 1 is 1.82 bits per heavy atom. The van der Waals surface area contributed by atoms with Crippen molar-refractivity contribution in [3.05, 3.63) is 0 Å². The Balaban J connectivity index is 2.51. The third kappa shape index (κ3) is 1.87. The van der Waals surface area contributed by atoms with Crippen LogP contribution in [0.3, 0.4) is 0 Å². The van der Waals surface area contributed by atoms with Crippen LogP contribution in [-0.2, 0) is 14.3 Å². The zero-order valence-electron chi connectivity index (χ0n) is 6.50. The number of nitrogens with zero attached hydrogens (tertiary/aromatic N) is 1. The van der Waals surface area contributed by atoms with Gasteiger partial charge in [-0.2, -0.15) is 0 Å². The molecule has 1 atom stereocenters. The van der Waals surface area contributed by atoms with E-state index in [2.05, 4.69) is 4.99 Å². The largest absolute Gasteiger partial charge is 0.378 e. The molecule has 0 radical (unpaired) electrons. The summed E-state index contributed by atoms with van der Waals surface area (Å²) >= 11 is 0. The molecule has 0 aliphatic carbocycles. The van der Waals surface area contributed by atoms with Crippen LogP contribution >= 0.6 is 0 Å². The van der Waals surface area contributed by atoms with Crippen LogP contribution in [0.5, 0.6) is 0 Å². The molecule has 0 N–H and O–H groups in total. The van der Waals surface area contributed by atoms with E-state index in [1.165, 1.54) is 6.08 Å². The Kier molecular flexibility index (Phi) is 2.76. The average Bonchev–Trinajstić information content (AvgIpc) is 2.50. The van der Waals surface area contributed by atoms with E-state index in [0.717, 1.165) is 6.42 Å². The standard InChI is InChI=1S/C7H11NO3/c1-10-7(4-8-6-9)2-3-11-5-7/h2-5H2,1H3. The minimum atomic E-state index is -0.364. The predicted octanol–water partition coefficient (Wildman–Crippen LogP) is 0.128. The molecular weight excluding hydrogens is 146 g/mol. The third-order valence-electron chi connectivity index (χ3n) is 1.93. The van der Waals surface area contributed by atoms with E-state index in [0.29, 0.717) is 19.8 Å². The maximum atomic E-state index is 9.83. The number of ether oxygens (including phenoxy) is 2. The monoisotopic (exact) mass is 157 g/mol. The van der Waals surface area contributed by atoms with Gasteiger partial charge in [0, 0.05) is 20.1 Å². The molecule has 4 nitrogen and oxygen atoms in total. The Hall–Kier alpha value is -0.700. The van der Waals surface area contributed by atoms with Gasteiger partial charge < -0.3 is 9.47 Å². The molecule has 1 aliphatic rings. The molecule has 1 saturated heterocycles. The molecule has 4 heteroatoms. The van der Waals surface area contributed by atoms with Crippen LogP contribution in [0.25, 0.3) is 0 Å². The van der Waals surface area contributed by atoms with Crippen molar-refractivity contribution in [2.45, 2.75) is 12.0 Å². The fraction of sp³-hybridized carbons (Fsp3) is 0.857. The first kappa shape index (κ1) is 8.40. The van der Waals surface area contributed by atoms with Gasteiger partial charge in [0.05, 0.1) is 13.2 Å². The molecule has 1 fully saturated rings. The highest BCUT2D eigenvalue weighted by molar-refractivity contribution is 5.33.